The van der Waals surface area contributed by atoms with Crippen molar-refractivity contribution >= 4 is 12.0 Å². The summed E-state index contributed by atoms with van der Waals surface area (Å²) in [6.07, 6.45) is 8.24. The van der Waals surface area contributed by atoms with E-state index in [1.165, 1.54) is 5.56 Å². The van der Waals surface area contributed by atoms with Crippen molar-refractivity contribution in [1.82, 2.24) is 14.5 Å². The van der Waals surface area contributed by atoms with Crippen LogP contribution in [0.2, 0.25) is 0 Å². The second-order valence-electron chi connectivity index (χ2n) is 7.37. The van der Waals surface area contributed by atoms with Crippen LogP contribution >= 0.6 is 0 Å². The number of likely N-dealkylation sites (tertiary alicyclic amines) is 1. The van der Waals surface area contributed by atoms with Gasteiger partial charge in [0, 0.05) is 31.3 Å². The maximum absolute atomic E-state index is 12.6. The van der Waals surface area contributed by atoms with Gasteiger partial charge in [-0.2, -0.15) is 0 Å². The molecule has 0 saturated carbocycles. The van der Waals surface area contributed by atoms with Crippen molar-refractivity contribution in [2.75, 3.05) is 20.2 Å². The molecule has 1 aliphatic heterocycles. The standard InChI is InChI=1S/C24H25N3O2/c1-18-15-27(17-25-18)22-10-8-19(14-23(22)29-2)9-11-24(28)26-13-12-21(16-26)20-6-4-3-5-7-20/h3-11,14-15,17,21H,12-13,16H2,1-2H3/b11-9+. The molecule has 1 fully saturated rings. The summed E-state index contributed by atoms with van der Waals surface area (Å²) in [6, 6.07) is 16.3. The number of hydrogen-bond donors (Lipinski definition) is 0. The van der Waals surface area contributed by atoms with Crippen LogP contribution < -0.4 is 4.74 Å². The van der Waals surface area contributed by atoms with E-state index in [4.69, 9.17) is 4.74 Å². The van der Waals surface area contributed by atoms with Crippen molar-refractivity contribution in [3.8, 4) is 11.4 Å². The number of carbonyl (C=O) groups is 1. The molecule has 1 unspecified atom stereocenters. The van der Waals surface area contributed by atoms with Crippen LogP contribution in [0.15, 0.2) is 67.1 Å². The average Bonchev–Trinajstić information content (AvgIpc) is 3.42. The number of nitrogens with zero attached hydrogens (tertiary/aromatic N) is 3. The Kier molecular flexibility index (Phi) is 5.47. The lowest BCUT2D eigenvalue weighted by Gasteiger charge is -2.14. The number of methoxy groups -OCH3 is 1. The van der Waals surface area contributed by atoms with Gasteiger partial charge in [-0.05, 0) is 42.7 Å². The number of amides is 1. The van der Waals surface area contributed by atoms with Gasteiger partial charge in [-0.25, -0.2) is 4.98 Å². The molecule has 0 bridgehead atoms. The van der Waals surface area contributed by atoms with Gasteiger partial charge in [0.25, 0.3) is 0 Å². The second kappa shape index (κ2) is 8.35. The third kappa shape index (κ3) is 4.24. The van der Waals surface area contributed by atoms with Gasteiger partial charge in [-0.1, -0.05) is 36.4 Å². The fourth-order valence-electron chi connectivity index (χ4n) is 3.79. The Morgan fingerprint density at radius 1 is 1.21 bits per heavy atom. The molecule has 2 heterocycles. The van der Waals surface area contributed by atoms with E-state index >= 15 is 0 Å². The van der Waals surface area contributed by atoms with Crippen LogP contribution in [0.3, 0.4) is 0 Å². The van der Waals surface area contributed by atoms with E-state index in [-0.39, 0.29) is 5.91 Å². The summed E-state index contributed by atoms with van der Waals surface area (Å²) in [6.45, 7) is 3.52. The van der Waals surface area contributed by atoms with Gasteiger partial charge < -0.3 is 14.2 Å². The highest BCUT2D eigenvalue weighted by atomic mass is 16.5. The zero-order valence-electron chi connectivity index (χ0n) is 16.8. The molecule has 1 atom stereocenters. The Balaban J connectivity index is 1.44. The van der Waals surface area contributed by atoms with E-state index in [9.17, 15) is 4.79 Å². The maximum Gasteiger partial charge on any atom is 0.246 e. The van der Waals surface area contributed by atoms with Gasteiger partial charge in [-0.3, -0.25) is 4.79 Å². The van der Waals surface area contributed by atoms with Crippen LogP contribution in [-0.4, -0.2) is 40.6 Å². The minimum absolute atomic E-state index is 0.0525. The Morgan fingerprint density at radius 2 is 2.03 bits per heavy atom. The molecule has 4 rings (SSSR count). The highest BCUT2D eigenvalue weighted by Crippen LogP contribution is 2.28. The Hall–Kier alpha value is -3.34. The number of ether oxygens (including phenoxy) is 1. The van der Waals surface area contributed by atoms with Gasteiger partial charge in [0.05, 0.1) is 24.8 Å². The molecule has 148 valence electrons. The fraction of sp³-hybridized carbons (Fsp3) is 0.250. The van der Waals surface area contributed by atoms with Gasteiger partial charge in [0.2, 0.25) is 5.91 Å². The molecule has 5 nitrogen and oxygen atoms in total. The van der Waals surface area contributed by atoms with Gasteiger partial charge in [0.15, 0.2) is 0 Å². The smallest absolute Gasteiger partial charge is 0.246 e. The molecule has 0 N–H and O–H groups in total. The van der Waals surface area contributed by atoms with Crippen LogP contribution in [-0.2, 0) is 4.79 Å². The first-order chi connectivity index (χ1) is 14.1. The Labute approximate surface area is 171 Å². The van der Waals surface area contributed by atoms with Crippen LogP contribution in [0.1, 0.15) is 29.2 Å². The zero-order chi connectivity index (χ0) is 20.2. The molecular formula is C24H25N3O2. The summed E-state index contributed by atoms with van der Waals surface area (Å²) < 4.78 is 7.47. The number of benzene rings is 2. The van der Waals surface area contributed by atoms with E-state index in [0.717, 1.165) is 42.2 Å². The van der Waals surface area contributed by atoms with E-state index in [1.807, 2.05) is 52.9 Å². The second-order valence-corrected chi connectivity index (χ2v) is 7.37. The number of imidazole rings is 1. The topological polar surface area (TPSA) is 47.4 Å². The minimum Gasteiger partial charge on any atom is -0.495 e. The number of rotatable bonds is 5. The molecule has 1 aromatic heterocycles. The summed E-state index contributed by atoms with van der Waals surface area (Å²) in [7, 11) is 1.65. The monoisotopic (exact) mass is 387 g/mol. The predicted molar refractivity (Wildman–Crippen MR) is 114 cm³/mol. The molecule has 29 heavy (non-hydrogen) atoms. The SMILES string of the molecule is COc1cc(/C=C/C(=O)N2CCC(c3ccccc3)C2)ccc1-n1cnc(C)c1. The normalized spacial score (nSPS) is 16.5. The lowest BCUT2D eigenvalue weighted by atomic mass is 9.99. The number of aromatic nitrogens is 2. The summed E-state index contributed by atoms with van der Waals surface area (Å²) in [5.41, 5.74) is 4.10. The Morgan fingerprint density at radius 3 is 2.76 bits per heavy atom. The molecule has 0 aliphatic carbocycles. The van der Waals surface area contributed by atoms with Crippen molar-refractivity contribution in [3.05, 3.63) is 84.0 Å². The van der Waals surface area contributed by atoms with Crippen molar-refractivity contribution in [3.63, 3.8) is 0 Å². The molecule has 2 aromatic carbocycles. The van der Waals surface area contributed by atoms with Crippen molar-refractivity contribution < 1.29 is 9.53 Å². The van der Waals surface area contributed by atoms with E-state index < -0.39 is 0 Å². The zero-order valence-corrected chi connectivity index (χ0v) is 16.8. The summed E-state index contributed by atoms with van der Waals surface area (Å²) in [4.78, 5) is 18.8. The van der Waals surface area contributed by atoms with Crippen LogP contribution in [0.25, 0.3) is 11.8 Å². The minimum atomic E-state index is 0.0525. The largest absolute Gasteiger partial charge is 0.495 e. The van der Waals surface area contributed by atoms with Crippen LogP contribution in [0.5, 0.6) is 5.75 Å². The van der Waals surface area contributed by atoms with Crippen molar-refractivity contribution in [2.24, 2.45) is 0 Å². The first-order valence-corrected chi connectivity index (χ1v) is 9.85. The van der Waals surface area contributed by atoms with E-state index in [2.05, 4.69) is 29.2 Å². The molecule has 3 aromatic rings. The lowest BCUT2D eigenvalue weighted by Crippen LogP contribution is -2.26. The summed E-state index contributed by atoms with van der Waals surface area (Å²) in [5, 5.41) is 0. The van der Waals surface area contributed by atoms with Gasteiger partial charge in [0.1, 0.15) is 5.75 Å². The van der Waals surface area contributed by atoms with E-state index in [1.54, 1.807) is 19.5 Å². The highest BCUT2D eigenvalue weighted by molar-refractivity contribution is 5.92. The first-order valence-electron chi connectivity index (χ1n) is 9.85. The molecule has 0 spiro atoms. The lowest BCUT2D eigenvalue weighted by molar-refractivity contribution is -0.124. The van der Waals surface area contributed by atoms with Gasteiger partial charge in [-0.15, -0.1) is 0 Å². The highest BCUT2D eigenvalue weighted by Gasteiger charge is 2.25. The third-order valence-electron chi connectivity index (χ3n) is 5.38. The number of hydrogen-bond acceptors (Lipinski definition) is 3. The van der Waals surface area contributed by atoms with Crippen molar-refractivity contribution in [2.45, 2.75) is 19.3 Å². The van der Waals surface area contributed by atoms with E-state index in [0.29, 0.717) is 5.92 Å². The Bertz CT molecular complexity index is 1020. The van der Waals surface area contributed by atoms with Crippen molar-refractivity contribution in [1.29, 1.82) is 0 Å². The molecule has 1 saturated heterocycles. The van der Waals surface area contributed by atoms with Crippen LogP contribution in [0, 0.1) is 6.92 Å². The fourth-order valence-corrected chi connectivity index (χ4v) is 3.79. The third-order valence-corrected chi connectivity index (χ3v) is 5.38. The molecular weight excluding hydrogens is 362 g/mol. The predicted octanol–water partition coefficient (Wildman–Crippen LogP) is 4.22. The van der Waals surface area contributed by atoms with Crippen LogP contribution in [0.4, 0.5) is 0 Å². The molecule has 1 aliphatic rings. The number of aryl methyl sites for hydroxylation is 1. The molecule has 0 radical (unpaired) electrons. The summed E-state index contributed by atoms with van der Waals surface area (Å²) >= 11 is 0. The maximum atomic E-state index is 12.6. The number of carbonyl (C=O) groups excluding carboxylic acids is 1. The average molecular weight is 387 g/mol. The summed E-state index contributed by atoms with van der Waals surface area (Å²) in [5.74, 6) is 1.21. The molecule has 1 amide bonds. The molecule has 5 heteroatoms. The van der Waals surface area contributed by atoms with Gasteiger partial charge >= 0.3 is 0 Å². The quantitative estimate of drug-likeness (QED) is 0.616. The first kappa shape index (κ1) is 19.0.